The van der Waals surface area contributed by atoms with Gasteiger partial charge in [-0.15, -0.1) is 0 Å². The van der Waals surface area contributed by atoms with Crippen LogP contribution in [0, 0.1) is 6.92 Å². The first-order valence-electron chi connectivity index (χ1n) is 11.7. The fourth-order valence-electron chi connectivity index (χ4n) is 3.83. The van der Waals surface area contributed by atoms with Crippen LogP contribution < -0.4 is 21.5 Å². The van der Waals surface area contributed by atoms with Gasteiger partial charge in [0.15, 0.2) is 0 Å². The first-order valence-corrected chi connectivity index (χ1v) is 11.7. The third-order valence-electron chi connectivity index (χ3n) is 5.91. The Labute approximate surface area is 213 Å². The van der Waals surface area contributed by atoms with Gasteiger partial charge >= 0.3 is 0 Å². The van der Waals surface area contributed by atoms with Crippen LogP contribution in [0.5, 0.6) is 0 Å². The smallest absolute Gasteiger partial charge is 0.295 e. The highest BCUT2D eigenvalue weighted by molar-refractivity contribution is 6.08. The zero-order valence-corrected chi connectivity index (χ0v) is 20.7. The summed E-state index contributed by atoms with van der Waals surface area (Å²) in [5, 5.41) is 8.21. The molecule has 4 aromatic rings. The Morgan fingerprint density at radius 3 is 1.92 bits per heavy atom. The molecule has 1 aromatic heterocycles. The number of nitrogens with one attached hydrogen (secondary N) is 3. The van der Waals surface area contributed by atoms with Gasteiger partial charge in [0.25, 0.3) is 17.4 Å². The monoisotopic (exact) mass is 497 g/mol. The largest absolute Gasteiger partial charge is 0.326 e. The zero-order valence-electron chi connectivity index (χ0n) is 20.7. The van der Waals surface area contributed by atoms with E-state index in [-0.39, 0.29) is 22.7 Å². The van der Waals surface area contributed by atoms with Crippen molar-refractivity contribution in [3.63, 3.8) is 0 Å². The van der Waals surface area contributed by atoms with E-state index in [1.807, 2.05) is 30.3 Å². The Hall–Kier alpha value is -4.92. The van der Waals surface area contributed by atoms with E-state index in [0.717, 1.165) is 0 Å². The normalized spacial score (nSPS) is 10.6. The number of hydrogen-bond donors (Lipinski definition) is 3. The fourth-order valence-corrected chi connectivity index (χ4v) is 3.83. The first-order chi connectivity index (χ1) is 17.8. The minimum atomic E-state index is -0.480. The minimum Gasteiger partial charge on any atom is -0.326 e. The molecule has 0 saturated heterocycles. The van der Waals surface area contributed by atoms with Gasteiger partial charge in [0.1, 0.15) is 5.69 Å². The summed E-state index contributed by atoms with van der Waals surface area (Å²) in [6.07, 6.45) is 0.327. The molecule has 0 aliphatic rings. The molecule has 0 radical (unpaired) electrons. The van der Waals surface area contributed by atoms with Crippen molar-refractivity contribution in [3.05, 3.63) is 106 Å². The van der Waals surface area contributed by atoms with Crippen LogP contribution in [-0.2, 0) is 11.8 Å². The van der Waals surface area contributed by atoms with Crippen molar-refractivity contribution in [3.8, 4) is 5.69 Å². The van der Waals surface area contributed by atoms with Gasteiger partial charge in [-0.05, 0) is 55.5 Å². The molecule has 9 nitrogen and oxygen atoms in total. The molecule has 0 aliphatic heterocycles. The lowest BCUT2D eigenvalue weighted by Crippen LogP contribution is -2.23. The second kappa shape index (κ2) is 10.8. The molecule has 4 rings (SSSR count). The summed E-state index contributed by atoms with van der Waals surface area (Å²) in [6, 6.07) is 22.2. The highest BCUT2D eigenvalue weighted by atomic mass is 16.2. The second-order valence-electron chi connectivity index (χ2n) is 8.41. The molecule has 0 atom stereocenters. The molecule has 0 aliphatic carbocycles. The van der Waals surface area contributed by atoms with Crippen LogP contribution in [0.25, 0.3) is 5.69 Å². The number of hydrogen-bond acceptors (Lipinski definition) is 4. The maximum absolute atomic E-state index is 13.1. The van der Waals surface area contributed by atoms with Crippen molar-refractivity contribution in [2.75, 3.05) is 16.0 Å². The summed E-state index contributed by atoms with van der Waals surface area (Å²) in [6.45, 7) is 3.50. The second-order valence-corrected chi connectivity index (χ2v) is 8.41. The summed E-state index contributed by atoms with van der Waals surface area (Å²) in [7, 11) is 1.75. The van der Waals surface area contributed by atoms with Crippen molar-refractivity contribution >= 4 is 34.8 Å². The highest BCUT2D eigenvalue weighted by Gasteiger charge is 2.19. The summed E-state index contributed by atoms with van der Waals surface area (Å²) in [4.78, 5) is 50.6. The van der Waals surface area contributed by atoms with Crippen molar-refractivity contribution in [2.24, 2.45) is 7.05 Å². The van der Waals surface area contributed by atoms with E-state index < -0.39 is 11.8 Å². The van der Waals surface area contributed by atoms with Crippen LogP contribution in [0.1, 0.15) is 39.8 Å². The number of benzene rings is 3. The summed E-state index contributed by atoms with van der Waals surface area (Å²) in [5.41, 5.74) is 2.67. The molecule has 37 heavy (non-hydrogen) atoms. The molecule has 0 spiro atoms. The van der Waals surface area contributed by atoms with Crippen LogP contribution >= 0.6 is 0 Å². The minimum absolute atomic E-state index is 0.152. The van der Waals surface area contributed by atoms with Gasteiger partial charge in [-0.1, -0.05) is 37.3 Å². The Kier molecular flexibility index (Phi) is 7.34. The fraction of sp³-hybridized carbons (Fsp3) is 0.143. The van der Waals surface area contributed by atoms with Crippen LogP contribution in [0.3, 0.4) is 0 Å². The number of amides is 3. The Morgan fingerprint density at radius 1 is 0.757 bits per heavy atom. The van der Waals surface area contributed by atoms with Crippen LogP contribution in [-0.4, -0.2) is 27.1 Å². The number of anilines is 3. The molecule has 188 valence electrons. The van der Waals surface area contributed by atoms with E-state index in [0.29, 0.717) is 34.7 Å². The number of carbonyl (C=O) groups excluding carboxylic acids is 3. The number of rotatable bonds is 7. The molecule has 1 heterocycles. The maximum Gasteiger partial charge on any atom is 0.295 e. The van der Waals surface area contributed by atoms with E-state index in [2.05, 4.69) is 16.0 Å². The van der Waals surface area contributed by atoms with Gasteiger partial charge in [0.05, 0.1) is 11.4 Å². The van der Waals surface area contributed by atoms with Gasteiger partial charge in [0.2, 0.25) is 5.91 Å². The summed E-state index contributed by atoms with van der Waals surface area (Å²) < 4.78 is 3.17. The van der Waals surface area contributed by atoms with E-state index in [1.165, 1.54) is 10.7 Å². The molecular formula is C28H27N5O4. The van der Waals surface area contributed by atoms with Gasteiger partial charge in [-0.2, -0.15) is 0 Å². The van der Waals surface area contributed by atoms with Crippen molar-refractivity contribution in [1.29, 1.82) is 0 Å². The van der Waals surface area contributed by atoms with Crippen molar-refractivity contribution in [2.45, 2.75) is 20.3 Å². The molecular weight excluding hydrogens is 470 g/mol. The standard InChI is InChI=1S/C28H27N5O4/c1-4-24(34)29-21-12-8-10-19(16-21)26(35)30-22-13-9-11-20(17-22)27(36)31-25-18(2)32(3)33(28(25)37)23-14-6-5-7-15-23/h5-17H,4H2,1-3H3,(H,29,34)(H,30,35)(H,31,36). The van der Waals surface area contributed by atoms with E-state index in [4.69, 9.17) is 0 Å². The number of para-hydroxylation sites is 1. The molecule has 3 amide bonds. The Bertz CT molecular complexity index is 1540. The number of carbonyl (C=O) groups is 3. The van der Waals surface area contributed by atoms with Gasteiger partial charge in [-0.25, -0.2) is 4.68 Å². The van der Waals surface area contributed by atoms with Gasteiger partial charge < -0.3 is 16.0 Å². The van der Waals surface area contributed by atoms with E-state index >= 15 is 0 Å². The third kappa shape index (κ3) is 5.51. The Balaban J connectivity index is 1.52. The zero-order chi connectivity index (χ0) is 26.5. The number of aromatic nitrogens is 2. The first kappa shape index (κ1) is 25.2. The van der Waals surface area contributed by atoms with Crippen LogP contribution in [0.4, 0.5) is 17.1 Å². The molecule has 9 heteroatoms. The maximum atomic E-state index is 13.1. The number of nitrogens with zero attached hydrogens (tertiary/aromatic N) is 2. The third-order valence-corrected chi connectivity index (χ3v) is 5.91. The molecule has 0 unspecified atom stereocenters. The average molecular weight is 498 g/mol. The Morgan fingerprint density at radius 2 is 1.32 bits per heavy atom. The molecule has 3 N–H and O–H groups in total. The van der Waals surface area contributed by atoms with E-state index in [1.54, 1.807) is 68.0 Å². The van der Waals surface area contributed by atoms with Gasteiger partial charge in [0, 0.05) is 36.0 Å². The highest BCUT2D eigenvalue weighted by Crippen LogP contribution is 2.18. The lowest BCUT2D eigenvalue weighted by atomic mass is 10.1. The van der Waals surface area contributed by atoms with Crippen molar-refractivity contribution < 1.29 is 14.4 Å². The van der Waals surface area contributed by atoms with Crippen molar-refractivity contribution in [1.82, 2.24) is 9.36 Å². The SMILES string of the molecule is CCC(=O)Nc1cccc(C(=O)Nc2cccc(C(=O)Nc3c(C)n(C)n(-c4ccccc4)c3=O)c2)c1. The lowest BCUT2D eigenvalue weighted by Gasteiger charge is -2.09. The lowest BCUT2D eigenvalue weighted by molar-refractivity contribution is -0.115. The summed E-state index contributed by atoms with van der Waals surface area (Å²) >= 11 is 0. The molecule has 3 aromatic carbocycles. The summed E-state index contributed by atoms with van der Waals surface area (Å²) in [5.74, 6) is -1.03. The molecule has 0 saturated carbocycles. The van der Waals surface area contributed by atoms with Crippen LogP contribution in [0.2, 0.25) is 0 Å². The topological polar surface area (TPSA) is 114 Å². The quantitative estimate of drug-likeness (QED) is 0.352. The average Bonchev–Trinajstić information content (AvgIpc) is 3.12. The van der Waals surface area contributed by atoms with E-state index in [9.17, 15) is 19.2 Å². The predicted molar refractivity (Wildman–Crippen MR) is 143 cm³/mol. The molecule has 0 fully saturated rings. The predicted octanol–water partition coefficient (Wildman–Crippen LogP) is 4.34. The van der Waals surface area contributed by atoms with Gasteiger partial charge in [-0.3, -0.25) is 23.9 Å². The molecule has 0 bridgehead atoms. The van der Waals surface area contributed by atoms with Crippen LogP contribution in [0.15, 0.2) is 83.7 Å².